The summed E-state index contributed by atoms with van der Waals surface area (Å²) in [5.74, 6) is 0.141. The third-order valence-corrected chi connectivity index (χ3v) is 6.12. The molecule has 5 N–H and O–H groups in total. The molecule has 0 aliphatic heterocycles. The molecule has 1 aliphatic carbocycles. The summed E-state index contributed by atoms with van der Waals surface area (Å²) in [6.07, 6.45) is 5.13. The maximum atomic E-state index is 11.9. The Bertz CT molecular complexity index is 1200. The van der Waals surface area contributed by atoms with Crippen molar-refractivity contribution in [3.05, 3.63) is 70.9 Å². The number of ether oxygens (including phenoxy) is 1. The number of nitrogen functional groups attached to an aromatic ring is 1. The summed E-state index contributed by atoms with van der Waals surface area (Å²) in [5.41, 5.74) is 13.8. The normalized spacial score (nSPS) is 14.3. The number of nitrogens with zero attached hydrogens (tertiary/aromatic N) is 3. The van der Waals surface area contributed by atoms with E-state index < -0.39 is 12.0 Å². The summed E-state index contributed by atoms with van der Waals surface area (Å²) in [7, 11) is 0. The van der Waals surface area contributed by atoms with Gasteiger partial charge in [0, 0.05) is 24.0 Å². The highest BCUT2D eigenvalue weighted by atomic mass is 32.1. The van der Waals surface area contributed by atoms with Gasteiger partial charge >= 0.3 is 0 Å². The number of pyridine rings is 1. The maximum absolute atomic E-state index is 11.9. The number of hydrogen-bond acceptors (Lipinski definition) is 8. The average molecular weight is 433 g/mol. The summed E-state index contributed by atoms with van der Waals surface area (Å²) in [6, 6.07) is 13.9. The number of rotatable bonds is 7. The van der Waals surface area contributed by atoms with Gasteiger partial charge in [-0.15, -0.1) is 11.3 Å². The molecule has 0 bridgehead atoms. The minimum absolute atomic E-state index is 0.235. The zero-order chi connectivity index (χ0) is 21.4. The molecule has 4 aromatic rings. The number of aromatic nitrogens is 3. The van der Waals surface area contributed by atoms with Crippen LogP contribution in [0, 0.1) is 0 Å². The highest BCUT2D eigenvalue weighted by molar-refractivity contribution is 7.21. The Balaban J connectivity index is 1.65. The van der Waals surface area contributed by atoms with Crippen LogP contribution >= 0.6 is 11.3 Å². The number of nitrogens with two attached hydrogens (primary N) is 2. The lowest BCUT2D eigenvalue weighted by molar-refractivity contribution is 0.100. The lowest BCUT2D eigenvalue weighted by Crippen LogP contribution is -2.13. The molecular weight excluding hydrogens is 412 g/mol. The van der Waals surface area contributed by atoms with E-state index in [9.17, 15) is 4.79 Å². The van der Waals surface area contributed by atoms with E-state index in [1.165, 1.54) is 0 Å². The molecule has 156 valence electrons. The van der Waals surface area contributed by atoms with Crippen molar-refractivity contribution in [2.75, 3.05) is 11.1 Å². The van der Waals surface area contributed by atoms with Crippen molar-refractivity contribution >= 4 is 39.1 Å². The van der Waals surface area contributed by atoms with E-state index in [4.69, 9.17) is 16.2 Å². The number of thiophene rings is 1. The zero-order valence-electron chi connectivity index (χ0n) is 16.5. The molecule has 31 heavy (non-hydrogen) atoms. The SMILES string of the molecule is NC(=O)c1sc2nc(NC3CC3)nc(OC(c3ccccc3)c3cccnc3)c2c1N. The third kappa shape index (κ3) is 3.87. The van der Waals surface area contributed by atoms with Crippen molar-refractivity contribution in [1.82, 2.24) is 15.0 Å². The Kier molecular flexibility index (Phi) is 4.87. The molecule has 1 unspecified atom stereocenters. The van der Waals surface area contributed by atoms with E-state index in [1.54, 1.807) is 12.4 Å². The van der Waals surface area contributed by atoms with Crippen molar-refractivity contribution < 1.29 is 9.53 Å². The van der Waals surface area contributed by atoms with Crippen LogP contribution in [0.3, 0.4) is 0 Å². The number of benzene rings is 1. The number of hydrogen-bond donors (Lipinski definition) is 3. The summed E-state index contributed by atoms with van der Waals surface area (Å²) >= 11 is 1.14. The smallest absolute Gasteiger partial charge is 0.260 e. The van der Waals surface area contributed by atoms with Crippen molar-refractivity contribution in [1.29, 1.82) is 0 Å². The first-order valence-electron chi connectivity index (χ1n) is 9.88. The number of anilines is 2. The molecule has 1 atom stereocenters. The fourth-order valence-electron chi connectivity index (χ4n) is 3.33. The second-order valence-electron chi connectivity index (χ2n) is 7.36. The minimum Gasteiger partial charge on any atom is -0.464 e. The minimum atomic E-state index is -0.602. The molecule has 5 rings (SSSR count). The number of fused-ring (bicyclic) bond motifs is 1. The van der Waals surface area contributed by atoms with Gasteiger partial charge in [-0.2, -0.15) is 4.98 Å². The number of carbonyl (C=O) groups is 1. The summed E-state index contributed by atoms with van der Waals surface area (Å²) < 4.78 is 6.46. The highest BCUT2D eigenvalue weighted by Gasteiger charge is 2.27. The van der Waals surface area contributed by atoms with E-state index in [0.717, 1.165) is 35.3 Å². The molecule has 1 fully saturated rings. The summed E-state index contributed by atoms with van der Waals surface area (Å²) in [4.78, 5) is 26.1. The quantitative estimate of drug-likeness (QED) is 0.407. The van der Waals surface area contributed by atoms with Gasteiger partial charge in [0.25, 0.3) is 5.91 Å². The first-order valence-corrected chi connectivity index (χ1v) is 10.7. The number of carbonyl (C=O) groups excluding carboxylic acids is 1. The van der Waals surface area contributed by atoms with Gasteiger partial charge in [-0.05, 0) is 24.5 Å². The lowest BCUT2D eigenvalue weighted by atomic mass is 10.0. The third-order valence-electron chi connectivity index (χ3n) is 5.01. The maximum Gasteiger partial charge on any atom is 0.260 e. The van der Waals surface area contributed by atoms with Gasteiger partial charge in [0.05, 0.1) is 11.1 Å². The molecule has 8 nitrogen and oxygen atoms in total. The van der Waals surface area contributed by atoms with Gasteiger partial charge in [0.2, 0.25) is 11.8 Å². The molecule has 1 amide bonds. The molecule has 1 aliphatic rings. The van der Waals surface area contributed by atoms with Crippen LogP contribution in [-0.2, 0) is 0 Å². The van der Waals surface area contributed by atoms with E-state index >= 15 is 0 Å². The van der Waals surface area contributed by atoms with Crippen molar-refractivity contribution in [2.24, 2.45) is 5.73 Å². The highest BCUT2D eigenvalue weighted by Crippen LogP contribution is 2.41. The zero-order valence-corrected chi connectivity index (χ0v) is 17.3. The number of primary amides is 1. The van der Waals surface area contributed by atoms with Crippen molar-refractivity contribution in [3.8, 4) is 5.88 Å². The standard InChI is InChI=1S/C22H20N6O2S/c23-16-15-20(27-22(26-14-8-9-14)28-21(15)31-18(16)19(24)29)30-17(12-5-2-1-3-6-12)13-7-4-10-25-11-13/h1-7,10-11,14,17H,8-9,23H2,(H2,24,29)(H,26,27,28). The molecule has 3 heterocycles. The fraction of sp³-hybridized carbons (Fsp3) is 0.182. The molecule has 3 aromatic heterocycles. The van der Waals surface area contributed by atoms with E-state index in [-0.39, 0.29) is 10.6 Å². The van der Waals surface area contributed by atoms with Crippen LogP contribution in [0.5, 0.6) is 5.88 Å². The van der Waals surface area contributed by atoms with Crippen LogP contribution in [-0.4, -0.2) is 26.9 Å². The molecule has 1 saturated carbocycles. The topological polar surface area (TPSA) is 129 Å². The molecule has 0 radical (unpaired) electrons. The fourth-order valence-corrected chi connectivity index (χ4v) is 4.27. The predicted octanol–water partition coefficient (Wildman–Crippen LogP) is 3.51. The Labute approximate surface area is 182 Å². The van der Waals surface area contributed by atoms with Crippen LogP contribution in [0.1, 0.15) is 39.7 Å². The van der Waals surface area contributed by atoms with Gasteiger partial charge < -0.3 is 21.5 Å². The molecule has 9 heteroatoms. The summed E-state index contributed by atoms with van der Waals surface area (Å²) in [5, 5.41) is 3.78. The molecular formula is C22H20N6O2S. The monoisotopic (exact) mass is 432 g/mol. The van der Waals surface area contributed by atoms with Crippen LogP contribution in [0.15, 0.2) is 54.9 Å². The average Bonchev–Trinajstić information content (AvgIpc) is 3.53. The largest absolute Gasteiger partial charge is 0.464 e. The van der Waals surface area contributed by atoms with E-state index in [2.05, 4.69) is 20.3 Å². The van der Waals surface area contributed by atoms with Gasteiger partial charge in [-0.3, -0.25) is 9.78 Å². The second-order valence-corrected chi connectivity index (χ2v) is 8.35. The van der Waals surface area contributed by atoms with Gasteiger partial charge in [-0.1, -0.05) is 36.4 Å². The Morgan fingerprint density at radius 2 is 1.90 bits per heavy atom. The summed E-state index contributed by atoms with van der Waals surface area (Å²) in [6.45, 7) is 0. The first-order chi connectivity index (χ1) is 15.1. The second kappa shape index (κ2) is 7.84. The predicted molar refractivity (Wildman–Crippen MR) is 120 cm³/mol. The molecule has 1 aromatic carbocycles. The van der Waals surface area contributed by atoms with Crippen molar-refractivity contribution in [2.45, 2.75) is 25.0 Å². The van der Waals surface area contributed by atoms with Crippen LogP contribution in [0.4, 0.5) is 11.6 Å². The molecule has 0 spiro atoms. The number of nitrogens with one attached hydrogen (secondary N) is 1. The first kappa shape index (κ1) is 19.3. The van der Waals surface area contributed by atoms with Gasteiger partial charge in [-0.25, -0.2) is 4.98 Å². The Morgan fingerprint density at radius 3 is 2.58 bits per heavy atom. The van der Waals surface area contributed by atoms with E-state index in [0.29, 0.717) is 28.1 Å². The van der Waals surface area contributed by atoms with Crippen LogP contribution < -0.4 is 21.5 Å². The van der Waals surface area contributed by atoms with Gasteiger partial charge in [0.1, 0.15) is 9.71 Å². The Morgan fingerprint density at radius 1 is 1.13 bits per heavy atom. The number of amides is 1. The van der Waals surface area contributed by atoms with E-state index in [1.807, 2.05) is 42.5 Å². The van der Waals surface area contributed by atoms with Crippen molar-refractivity contribution in [3.63, 3.8) is 0 Å². The lowest BCUT2D eigenvalue weighted by Gasteiger charge is -2.20. The van der Waals surface area contributed by atoms with Crippen LogP contribution in [0.2, 0.25) is 0 Å². The van der Waals surface area contributed by atoms with Crippen LogP contribution in [0.25, 0.3) is 10.2 Å². The van der Waals surface area contributed by atoms with Gasteiger partial charge in [0.15, 0.2) is 6.10 Å². The Hall–Kier alpha value is -3.72. The molecule has 0 saturated heterocycles.